The fourth-order valence-electron chi connectivity index (χ4n) is 0.508. The van der Waals surface area contributed by atoms with E-state index in [-0.39, 0.29) is 0 Å². The van der Waals surface area contributed by atoms with E-state index in [2.05, 4.69) is 26.1 Å². The minimum Gasteiger partial charge on any atom is -0.242 e. The van der Waals surface area contributed by atoms with Crippen molar-refractivity contribution in [1.29, 1.82) is 0 Å². The Morgan fingerprint density at radius 3 is 2.38 bits per heavy atom. The van der Waals surface area contributed by atoms with Crippen LogP contribution in [0.5, 0.6) is 0 Å². The van der Waals surface area contributed by atoms with Crippen LogP contribution in [0, 0.1) is 5.92 Å². The lowest BCUT2D eigenvalue weighted by Crippen LogP contribution is -2.12. The lowest BCUT2D eigenvalue weighted by Gasteiger charge is -2.01. The first kappa shape index (κ1) is 7.96. The van der Waals surface area contributed by atoms with Gasteiger partial charge in [0, 0.05) is 13.1 Å². The topological polar surface area (TPSA) is 14.1 Å². The minimum atomic E-state index is 0.738. The predicted molar refractivity (Wildman–Crippen MR) is 37.0 cm³/mol. The Hall–Kier alpha value is -0.0400. The number of hydrogen-bond donors (Lipinski definition) is 0. The molecule has 1 radical (unpaired) electrons. The maximum absolute atomic E-state index is 4.29. The van der Waals surface area contributed by atoms with Crippen molar-refractivity contribution < 1.29 is 0 Å². The van der Waals surface area contributed by atoms with Crippen LogP contribution in [-0.4, -0.2) is 13.1 Å². The van der Waals surface area contributed by atoms with Crippen molar-refractivity contribution in [2.75, 3.05) is 13.1 Å². The Bertz CT molecular complexity index is 41.7. The van der Waals surface area contributed by atoms with Gasteiger partial charge in [0.2, 0.25) is 0 Å². The van der Waals surface area contributed by atoms with Gasteiger partial charge in [0.25, 0.3) is 0 Å². The van der Waals surface area contributed by atoms with Crippen LogP contribution in [0.3, 0.4) is 0 Å². The molecule has 49 valence electrons. The Morgan fingerprint density at radius 1 is 1.38 bits per heavy atom. The SMILES string of the molecule is CCC[N]CC(C)C. The lowest BCUT2D eigenvalue weighted by atomic mass is 10.2. The van der Waals surface area contributed by atoms with Gasteiger partial charge in [0.05, 0.1) is 0 Å². The molecule has 0 saturated heterocycles. The molecule has 0 aromatic carbocycles. The van der Waals surface area contributed by atoms with E-state index in [0.29, 0.717) is 0 Å². The van der Waals surface area contributed by atoms with Gasteiger partial charge in [-0.25, -0.2) is 5.32 Å². The first-order chi connectivity index (χ1) is 3.77. The molecule has 0 amide bonds. The van der Waals surface area contributed by atoms with Crippen LogP contribution in [0.25, 0.3) is 0 Å². The molecule has 0 aromatic rings. The zero-order chi connectivity index (χ0) is 6.41. The van der Waals surface area contributed by atoms with Crippen molar-refractivity contribution >= 4 is 0 Å². The molecule has 0 fully saturated rings. The van der Waals surface area contributed by atoms with Crippen molar-refractivity contribution in [2.45, 2.75) is 27.2 Å². The molecular weight excluding hydrogens is 98.1 g/mol. The van der Waals surface area contributed by atoms with E-state index in [1.54, 1.807) is 0 Å². The molecule has 0 aromatic heterocycles. The molecule has 1 heteroatoms. The number of nitrogens with zero attached hydrogens (tertiary/aromatic N) is 1. The highest BCUT2D eigenvalue weighted by Crippen LogP contribution is 1.87. The summed E-state index contributed by atoms with van der Waals surface area (Å²) < 4.78 is 0. The van der Waals surface area contributed by atoms with E-state index >= 15 is 0 Å². The van der Waals surface area contributed by atoms with Gasteiger partial charge in [-0.2, -0.15) is 0 Å². The Balaban J connectivity index is 2.72. The summed E-state index contributed by atoms with van der Waals surface area (Å²) in [5, 5.41) is 4.29. The second kappa shape index (κ2) is 5.10. The summed E-state index contributed by atoms with van der Waals surface area (Å²) in [6.07, 6.45) is 1.19. The van der Waals surface area contributed by atoms with Gasteiger partial charge in [-0.1, -0.05) is 20.8 Å². The molecule has 0 aliphatic heterocycles. The van der Waals surface area contributed by atoms with Gasteiger partial charge in [0.15, 0.2) is 0 Å². The maximum Gasteiger partial charge on any atom is 0.0156 e. The molecule has 0 atom stereocenters. The van der Waals surface area contributed by atoms with E-state index in [0.717, 1.165) is 19.0 Å². The zero-order valence-electron chi connectivity index (χ0n) is 6.15. The number of rotatable bonds is 4. The van der Waals surface area contributed by atoms with Gasteiger partial charge in [0.1, 0.15) is 0 Å². The minimum absolute atomic E-state index is 0.738. The fourth-order valence-corrected chi connectivity index (χ4v) is 0.508. The van der Waals surface area contributed by atoms with Crippen LogP contribution in [0.15, 0.2) is 0 Å². The molecule has 0 aliphatic carbocycles. The summed E-state index contributed by atoms with van der Waals surface area (Å²) in [6, 6.07) is 0. The van der Waals surface area contributed by atoms with Crippen molar-refractivity contribution in [3.05, 3.63) is 0 Å². The average molecular weight is 114 g/mol. The molecule has 0 aliphatic rings. The van der Waals surface area contributed by atoms with Crippen molar-refractivity contribution in [3.63, 3.8) is 0 Å². The van der Waals surface area contributed by atoms with Crippen LogP contribution in [0.4, 0.5) is 0 Å². The third kappa shape index (κ3) is 5.96. The third-order valence-electron chi connectivity index (χ3n) is 0.876. The van der Waals surface area contributed by atoms with Crippen LogP contribution in [0.1, 0.15) is 27.2 Å². The fraction of sp³-hybridized carbons (Fsp3) is 1.00. The highest BCUT2D eigenvalue weighted by molar-refractivity contribution is 4.47. The number of hydrogen-bond acceptors (Lipinski definition) is 0. The highest BCUT2D eigenvalue weighted by Gasteiger charge is 1.90. The van der Waals surface area contributed by atoms with Crippen LogP contribution < -0.4 is 5.32 Å². The summed E-state index contributed by atoms with van der Waals surface area (Å²) in [6.45, 7) is 8.62. The summed E-state index contributed by atoms with van der Waals surface area (Å²) in [4.78, 5) is 0. The molecule has 0 saturated carbocycles. The standard InChI is InChI=1S/C7H16N/c1-4-5-8-6-7(2)3/h7H,4-6H2,1-3H3. The molecule has 0 spiro atoms. The molecule has 0 rings (SSSR count). The first-order valence-corrected chi connectivity index (χ1v) is 3.40. The molecule has 8 heavy (non-hydrogen) atoms. The Kier molecular flexibility index (Phi) is 5.08. The molecular formula is C7H16N. The summed E-state index contributed by atoms with van der Waals surface area (Å²) >= 11 is 0. The quantitative estimate of drug-likeness (QED) is 0.493. The second-order valence-electron chi connectivity index (χ2n) is 2.52. The first-order valence-electron chi connectivity index (χ1n) is 3.40. The summed E-state index contributed by atoms with van der Waals surface area (Å²) in [5.41, 5.74) is 0. The van der Waals surface area contributed by atoms with E-state index in [1.165, 1.54) is 6.42 Å². The van der Waals surface area contributed by atoms with E-state index in [4.69, 9.17) is 0 Å². The summed E-state index contributed by atoms with van der Waals surface area (Å²) in [5.74, 6) is 0.738. The maximum atomic E-state index is 4.29. The zero-order valence-corrected chi connectivity index (χ0v) is 6.15. The molecule has 0 heterocycles. The van der Waals surface area contributed by atoms with Crippen LogP contribution in [0.2, 0.25) is 0 Å². The molecule has 0 N–H and O–H groups in total. The third-order valence-corrected chi connectivity index (χ3v) is 0.876. The predicted octanol–water partition coefficient (Wildman–Crippen LogP) is 1.66. The Labute approximate surface area is 52.5 Å². The van der Waals surface area contributed by atoms with Crippen LogP contribution >= 0.6 is 0 Å². The highest BCUT2D eigenvalue weighted by atomic mass is 14.8. The van der Waals surface area contributed by atoms with E-state index < -0.39 is 0 Å². The van der Waals surface area contributed by atoms with Gasteiger partial charge in [-0.05, 0) is 12.3 Å². The monoisotopic (exact) mass is 114 g/mol. The van der Waals surface area contributed by atoms with E-state index in [1.807, 2.05) is 0 Å². The van der Waals surface area contributed by atoms with Crippen molar-refractivity contribution in [2.24, 2.45) is 5.92 Å². The van der Waals surface area contributed by atoms with Gasteiger partial charge < -0.3 is 0 Å². The van der Waals surface area contributed by atoms with E-state index in [9.17, 15) is 0 Å². The van der Waals surface area contributed by atoms with Gasteiger partial charge >= 0.3 is 0 Å². The van der Waals surface area contributed by atoms with Crippen molar-refractivity contribution in [3.8, 4) is 0 Å². The van der Waals surface area contributed by atoms with Gasteiger partial charge in [-0.3, -0.25) is 0 Å². The smallest absolute Gasteiger partial charge is 0.0156 e. The molecule has 0 bridgehead atoms. The second-order valence-corrected chi connectivity index (χ2v) is 2.52. The molecule has 1 nitrogen and oxygen atoms in total. The van der Waals surface area contributed by atoms with Crippen molar-refractivity contribution in [1.82, 2.24) is 5.32 Å². The van der Waals surface area contributed by atoms with Crippen LogP contribution in [-0.2, 0) is 0 Å². The normalized spacial score (nSPS) is 10.5. The lowest BCUT2D eigenvalue weighted by molar-refractivity contribution is 0.542. The molecule has 0 unspecified atom stereocenters. The van der Waals surface area contributed by atoms with Gasteiger partial charge in [-0.15, -0.1) is 0 Å². The summed E-state index contributed by atoms with van der Waals surface area (Å²) in [7, 11) is 0. The average Bonchev–Trinajstić information content (AvgIpc) is 1.66. The Morgan fingerprint density at radius 2 is 2.00 bits per heavy atom. The largest absolute Gasteiger partial charge is 0.242 e.